The smallest absolute Gasteiger partial charge is 0.126 e. The maximum absolute atomic E-state index is 9.43. The van der Waals surface area contributed by atoms with E-state index in [2.05, 4.69) is 24.3 Å². The summed E-state index contributed by atoms with van der Waals surface area (Å²) in [6, 6.07) is 35.5. The molecule has 2 nitrogen and oxygen atoms in total. The Morgan fingerprint density at radius 1 is 0.571 bits per heavy atom. The molecule has 0 fully saturated rings. The van der Waals surface area contributed by atoms with E-state index in [1.54, 1.807) is 18.4 Å². The van der Waals surface area contributed by atoms with Gasteiger partial charge >= 0.3 is 0 Å². The first-order valence-electron chi connectivity index (χ1n) is 9.17. The first kappa shape index (κ1) is 17.6. The van der Waals surface area contributed by atoms with Crippen molar-refractivity contribution in [3.8, 4) is 22.6 Å². The minimum atomic E-state index is 0.267. The van der Waals surface area contributed by atoms with Gasteiger partial charge in [0.2, 0.25) is 0 Å². The van der Waals surface area contributed by atoms with E-state index in [1.165, 1.54) is 0 Å². The van der Waals surface area contributed by atoms with Gasteiger partial charge in [-0.1, -0.05) is 84.9 Å². The van der Waals surface area contributed by atoms with Crippen LogP contribution >= 0.6 is 0 Å². The van der Waals surface area contributed by atoms with Gasteiger partial charge in [-0.25, -0.2) is 0 Å². The fourth-order valence-electron chi connectivity index (χ4n) is 3.04. The van der Waals surface area contributed by atoms with Crippen LogP contribution in [0.2, 0.25) is 0 Å². The highest BCUT2D eigenvalue weighted by molar-refractivity contribution is 5.79. The molecule has 0 spiro atoms. The molecule has 0 amide bonds. The first-order chi connectivity index (χ1) is 13.8. The van der Waals surface area contributed by atoms with Crippen molar-refractivity contribution in [1.29, 1.82) is 0 Å². The summed E-state index contributed by atoms with van der Waals surface area (Å²) in [5.41, 5.74) is 5.37. The van der Waals surface area contributed by atoms with Crippen LogP contribution in [0.25, 0.3) is 16.7 Å². The lowest BCUT2D eigenvalue weighted by Crippen LogP contribution is -1.92. The second kappa shape index (κ2) is 8.28. The molecule has 4 rings (SSSR count). The van der Waals surface area contributed by atoms with E-state index < -0.39 is 0 Å². The third-order valence-electron chi connectivity index (χ3n) is 4.54. The predicted octanol–water partition coefficient (Wildman–Crippen LogP) is 6.53. The van der Waals surface area contributed by atoms with Gasteiger partial charge in [-0.2, -0.15) is 0 Å². The Balaban J connectivity index is 1.59. The van der Waals surface area contributed by atoms with Gasteiger partial charge in [-0.3, -0.25) is 0 Å². The summed E-state index contributed by atoms with van der Waals surface area (Å²) in [5, 5.41) is 9.43. The highest BCUT2D eigenvalue weighted by Crippen LogP contribution is 2.26. The number of hydrogen-bond donors (Lipinski definition) is 1. The van der Waals surface area contributed by atoms with Crippen molar-refractivity contribution in [2.45, 2.75) is 0 Å². The summed E-state index contributed by atoms with van der Waals surface area (Å²) in [5.74, 6) is 1.04. The van der Waals surface area contributed by atoms with E-state index in [4.69, 9.17) is 4.74 Å². The lowest BCUT2D eigenvalue weighted by Gasteiger charge is -2.10. The molecule has 0 atom stereocenters. The summed E-state index contributed by atoms with van der Waals surface area (Å²) < 4.78 is 5.98. The molecule has 0 aliphatic rings. The van der Waals surface area contributed by atoms with Gasteiger partial charge in [0.05, 0.1) is 6.26 Å². The standard InChI is InChI=1S/C26H20O2/c27-24-15-11-20(12-16-24)21-13-17-25(18-14-21)28-19-26(22-7-3-1-4-8-22)23-9-5-2-6-10-23/h1-19,27H. The molecule has 0 aromatic heterocycles. The van der Waals surface area contributed by atoms with Crippen molar-refractivity contribution >= 4 is 5.57 Å². The van der Waals surface area contributed by atoms with E-state index in [1.807, 2.05) is 72.8 Å². The van der Waals surface area contributed by atoms with E-state index in [-0.39, 0.29) is 5.75 Å². The number of benzene rings is 4. The molecule has 1 N–H and O–H groups in total. The predicted molar refractivity (Wildman–Crippen MR) is 114 cm³/mol. The Bertz CT molecular complexity index is 1010. The number of aromatic hydroxyl groups is 1. The fourth-order valence-corrected chi connectivity index (χ4v) is 3.04. The normalized spacial score (nSPS) is 10.3. The second-order valence-electron chi connectivity index (χ2n) is 6.45. The largest absolute Gasteiger partial charge is 0.508 e. The molecule has 4 aromatic rings. The van der Waals surface area contributed by atoms with Crippen LogP contribution in [0.5, 0.6) is 11.5 Å². The highest BCUT2D eigenvalue weighted by Gasteiger charge is 2.05. The molecular weight excluding hydrogens is 344 g/mol. The molecule has 28 heavy (non-hydrogen) atoms. The zero-order chi connectivity index (χ0) is 19.2. The quantitative estimate of drug-likeness (QED) is 0.408. The number of rotatable bonds is 5. The summed E-state index contributed by atoms with van der Waals surface area (Å²) in [6.45, 7) is 0. The Morgan fingerprint density at radius 3 is 1.54 bits per heavy atom. The molecule has 136 valence electrons. The van der Waals surface area contributed by atoms with Crippen LogP contribution in [0.1, 0.15) is 11.1 Å². The average molecular weight is 364 g/mol. The Hall–Kier alpha value is -3.78. The number of ether oxygens (including phenoxy) is 1. The second-order valence-corrected chi connectivity index (χ2v) is 6.45. The molecule has 0 aliphatic heterocycles. The van der Waals surface area contributed by atoms with Crippen LogP contribution in [0, 0.1) is 0 Å². The van der Waals surface area contributed by atoms with E-state index >= 15 is 0 Å². The monoisotopic (exact) mass is 364 g/mol. The van der Waals surface area contributed by atoms with Gasteiger partial charge in [-0.05, 0) is 46.5 Å². The number of phenols is 1. The van der Waals surface area contributed by atoms with Crippen molar-refractivity contribution in [1.82, 2.24) is 0 Å². The number of hydrogen-bond acceptors (Lipinski definition) is 2. The van der Waals surface area contributed by atoms with Crippen molar-refractivity contribution in [2.75, 3.05) is 0 Å². The summed E-state index contributed by atoms with van der Waals surface area (Å²) in [6.07, 6.45) is 1.81. The first-order valence-corrected chi connectivity index (χ1v) is 9.17. The summed E-state index contributed by atoms with van der Waals surface area (Å²) in [4.78, 5) is 0. The fraction of sp³-hybridized carbons (Fsp3) is 0. The van der Waals surface area contributed by atoms with Gasteiger partial charge in [-0.15, -0.1) is 0 Å². The lowest BCUT2D eigenvalue weighted by molar-refractivity contribution is 0.475. The van der Waals surface area contributed by atoms with Crippen LogP contribution in [-0.2, 0) is 0 Å². The van der Waals surface area contributed by atoms with E-state index in [9.17, 15) is 5.11 Å². The van der Waals surface area contributed by atoms with E-state index in [0.29, 0.717) is 0 Å². The summed E-state index contributed by atoms with van der Waals surface area (Å²) >= 11 is 0. The maximum atomic E-state index is 9.43. The number of phenolic OH excluding ortho intramolecular Hbond substituents is 1. The van der Waals surface area contributed by atoms with Crippen LogP contribution in [0.4, 0.5) is 0 Å². The van der Waals surface area contributed by atoms with Crippen LogP contribution in [-0.4, -0.2) is 5.11 Å². The average Bonchev–Trinajstić information content (AvgIpc) is 2.76. The molecule has 0 radical (unpaired) electrons. The zero-order valence-electron chi connectivity index (χ0n) is 15.3. The molecular formula is C26H20O2. The van der Waals surface area contributed by atoms with Gasteiger partial charge in [0, 0.05) is 5.57 Å². The van der Waals surface area contributed by atoms with Gasteiger partial charge in [0.15, 0.2) is 0 Å². The van der Waals surface area contributed by atoms with Crippen molar-refractivity contribution in [3.63, 3.8) is 0 Å². The Labute approximate surface area is 165 Å². The molecule has 0 heterocycles. The zero-order valence-corrected chi connectivity index (χ0v) is 15.3. The minimum absolute atomic E-state index is 0.267. The lowest BCUT2D eigenvalue weighted by atomic mass is 9.99. The third-order valence-corrected chi connectivity index (χ3v) is 4.54. The molecule has 0 unspecified atom stereocenters. The molecule has 0 saturated carbocycles. The molecule has 2 heteroatoms. The molecule has 4 aromatic carbocycles. The summed E-state index contributed by atoms with van der Waals surface area (Å²) in [7, 11) is 0. The SMILES string of the molecule is Oc1ccc(-c2ccc(OC=C(c3ccccc3)c3ccccc3)cc2)cc1. The topological polar surface area (TPSA) is 29.5 Å². The van der Waals surface area contributed by atoms with Gasteiger partial charge in [0.25, 0.3) is 0 Å². The minimum Gasteiger partial charge on any atom is -0.508 e. The highest BCUT2D eigenvalue weighted by atomic mass is 16.5. The molecule has 0 saturated heterocycles. The van der Waals surface area contributed by atoms with E-state index in [0.717, 1.165) is 33.6 Å². The van der Waals surface area contributed by atoms with Gasteiger partial charge < -0.3 is 9.84 Å². The van der Waals surface area contributed by atoms with Crippen LogP contribution in [0.3, 0.4) is 0 Å². The Morgan fingerprint density at radius 2 is 1.04 bits per heavy atom. The Kier molecular flexibility index (Phi) is 5.21. The van der Waals surface area contributed by atoms with Gasteiger partial charge in [0.1, 0.15) is 11.5 Å². The third kappa shape index (κ3) is 4.13. The van der Waals surface area contributed by atoms with Crippen molar-refractivity contribution in [3.05, 3.63) is 127 Å². The van der Waals surface area contributed by atoms with Crippen LogP contribution in [0.15, 0.2) is 115 Å². The molecule has 0 bridgehead atoms. The molecule has 0 aliphatic carbocycles. The van der Waals surface area contributed by atoms with Crippen molar-refractivity contribution < 1.29 is 9.84 Å². The van der Waals surface area contributed by atoms with Crippen LogP contribution < -0.4 is 4.74 Å². The maximum Gasteiger partial charge on any atom is 0.126 e. The van der Waals surface area contributed by atoms with Crippen molar-refractivity contribution in [2.24, 2.45) is 0 Å².